The molecule has 1 N–H and O–H groups in total. The van der Waals surface area contributed by atoms with Gasteiger partial charge in [0, 0.05) is 13.1 Å². The quantitative estimate of drug-likeness (QED) is 0.853. The number of sulfonamides is 1. The Hall–Kier alpha value is -0.340. The second-order valence-corrected chi connectivity index (χ2v) is 6.69. The summed E-state index contributed by atoms with van der Waals surface area (Å²) >= 11 is 0. The summed E-state index contributed by atoms with van der Waals surface area (Å²) in [7, 11) is -3.49. The van der Waals surface area contributed by atoms with Crippen LogP contribution in [0.15, 0.2) is 0 Å². The molecule has 1 saturated heterocycles. The molecule has 1 rings (SSSR count). The van der Waals surface area contributed by atoms with Crippen LogP contribution in [-0.4, -0.2) is 48.4 Å². The number of hydrogen-bond acceptors (Lipinski definition) is 3. The molecule has 0 saturated carbocycles. The average Bonchev–Trinajstić information content (AvgIpc) is 2.25. The van der Waals surface area contributed by atoms with Gasteiger partial charge in [-0.25, -0.2) is 12.7 Å². The Balaban J connectivity index is 2.64. The first-order valence-corrected chi connectivity index (χ1v) is 7.50. The van der Waals surface area contributed by atoms with Crippen molar-refractivity contribution in [2.24, 2.45) is 0 Å². The van der Waals surface area contributed by atoms with E-state index in [1.54, 1.807) is 0 Å². The number of piperidine rings is 1. The highest BCUT2D eigenvalue weighted by atomic mass is 32.2. The van der Waals surface area contributed by atoms with Gasteiger partial charge in [0.2, 0.25) is 10.0 Å². The van der Waals surface area contributed by atoms with Crippen molar-refractivity contribution in [1.82, 2.24) is 4.31 Å². The largest absolute Gasteiger partial charge is 0.417 e. The van der Waals surface area contributed by atoms with E-state index in [1.165, 1.54) is 0 Å². The Morgan fingerprint density at radius 3 is 2.17 bits per heavy atom. The van der Waals surface area contributed by atoms with Gasteiger partial charge in [0.15, 0.2) is 5.60 Å². The summed E-state index contributed by atoms with van der Waals surface area (Å²) in [6.45, 7) is 1.29. The highest BCUT2D eigenvalue weighted by Gasteiger charge is 2.55. The van der Waals surface area contributed by atoms with Crippen LogP contribution in [0.5, 0.6) is 0 Å². The second kappa shape index (κ2) is 5.34. The summed E-state index contributed by atoms with van der Waals surface area (Å²) in [5.41, 5.74) is -2.75. The Kier molecular flexibility index (Phi) is 4.66. The molecule has 0 aromatic carbocycles. The molecule has 0 atom stereocenters. The number of nitrogens with zero attached hydrogens (tertiary/aromatic N) is 1. The van der Waals surface area contributed by atoms with Gasteiger partial charge in [-0.2, -0.15) is 13.2 Å². The van der Waals surface area contributed by atoms with Gasteiger partial charge in [-0.3, -0.25) is 0 Å². The fourth-order valence-electron chi connectivity index (χ4n) is 1.87. The lowest BCUT2D eigenvalue weighted by molar-refractivity contribution is -0.270. The van der Waals surface area contributed by atoms with Crippen molar-refractivity contribution >= 4 is 10.0 Å². The topological polar surface area (TPSA) is 57.6 Å². The molecule has 1 fully saturated rings. The first-order chi connectivity index (χ1) is 8.12. The fraction of sp³-hybridized carbons (Fsp3) is 1.00. The molecule has 18 heavy (non-hydrogen) atoms. The molecule has 0 aliphatic carbocycles. The molecular weight excluding hydrogens is 271 g/mol. The zero-order valence-corrected chi connectivity index (χ0v) is 11.0. The van der Waals surface area contributed by atoms with Gasteiger partial charge in [-0.05, 0) is 19.3 Å². The summed E-state index contributed by atoms with van der Waals surface area (Å²) in [5, 5.41) is 9.42. The lowest BCUT2D eigenvalue weighted by atomic mass is 9.92. The lowest BCUT2D eigenvalue weighted by Gasteiger charge is -2.38. The van der Waals surface area contributed by atoms with Gasteiger partial charge in [0.05, 0.1) is 5.75 Å². The minimum atomic E-state index is -4.70. The third-order valence-corrected chi connectivity index (χ3v) is 5.18. The molecule has 4 nitrogen and oxygen atoms in total. The van der Waals surface area contributed by atoms with E-state index in [0.29, 0.717) is 12.8 Å². The summed E-state index contributed by atoms with van der Waals surface area (Å²) in [6.07, 6.45) is -4.70. The van der Waals surface area contributed by atoms with Crippen LogP contribution < -0.4 is 0 Å². The number of rotatable bonds is 4. The van der Waals surface area contributed by atoms with Crippen LogP contribution in [0.25, 0.3) is 0 Å². The van der Waals surface area contributed by atoms with Crippen molar-refractivity contribution in [2.75, 3.05) is 18.8 Å². The van der Waals surface area contributed by atoms with E-state index < -0.39 is 34.6 Å². The molecule has 108 valence electrons. The second-order valence-electron chi connectivity index (χ2n) is 4.60. The van der Waals surface area contributed by atoms with Crippen molar-refractivity contribution in [3.05, 3.63) is 0 Å². The molecule has 0 unspecified atom stereocenters. The number of unbranched alkanes of at least 4 members (excludes halogenated alkanes) is 1. The molecule has 0 radical (unpaired) electrons. The van der Waals surface area contributed by atoms with E-state index in [1.807, 2.05) is 6.92 Å². The highest BCUT2D eigenvalue weighted by molar-refractivity contribution is 7.89. The Morgan fingerprint density at radius 2 is 1.78 bits per heavy atom. The molecular formula is C10H18F3NO3S. The first kappa shape index (κ1) is 15.7. The zero-order chi connectivity index (χ0) is 14.0. The Labute approximate surface area is 105 Å². The SMILES string of the molecule is CCCCS(=O)(=O)N1CCC(O)(C(F)(F)F)CC1. The standard InChI is InChI=1S/C10H18F3NO3S/c1-2-3-8-18(16,17)14-6-4-9(15,5-7-14)10(11,12)13/h15H,2-8H2,1H3. The maximum absolute atomic E-state index is 12.5. The predicted molar refractivity (Wildman–Crippen MR) is 60.5 cm³/mol. The summed E-state index contributed by atoms with van der Waals surface area (Å²) in [5.74, 6) is -0.0477. The van der Waals surface area contributed by atoms with Crippen molar-refractivity contribution in [3.63, 3.8) is 0 Å². The van der Waals surface area contributed by atoms with Gasteiger partial charge in [0.1, 0.15) is 0 Å². The first-order valence-electron chi connectivity index (χ1n) is 5.89. The Morgan fingerprint density at radius 1 is 1.28 bits per heavy atom. The number of hydrogen-bond donors (Lipinski definition) is 1. The fourth-order valence-corrected chi connectivity index (χ4v) is 3.52. The van der Waals surface area contributed by atoms with Gasteiger partial charge < -0.3 is 5.11 Å². The van der Waals surface area contributed by atoms with E-state index >= 15 is 0 Å². The molecule has 0 bridgehead atoms. The monoisotopic (exact) mass is 289 g/mol. The van der Waals surface area contributed by atoms with Crippen molar-refractivity contribution in [2.45, 2.75) is 44.4 Å². The minimum Gasteiger partial charge on any atom is -0.380 e. The van der Waals surface area contributed by atoms with Crippen LogP contribution in [0, 0.1) is 0 Å². The summed E-state index contributed by atoms with van der Waals surface area (Å²) < 4.78 is 62.2. The van der Waals surface area contributed by atoms with Crippen LogP contribution in [0.4, 0.5) is 13.2 Å². The smallest absolute Gasteiger partial charge is 0.380 e. The molecule has 1 heterocycles. The van der Waals surface area contributed by atoms with Crippen molar-refractivity contribution < 1.29 is 26.7 Å². The number of halogens is 3. The van der Waals surface area contributed by atoms with E-state index in [0.717, 1.165) is 4.31 Å². The Bertz CT molecular complexity index is 372. The van der Waals surface area contributed by atoms with Crippen molar-refractivity contribution in [3.8, 4) is 0 Å². The number of aliphatic hydroxyl groups is 1. The maximum Gasteiger partial charge on any atom is 0.417 e. The van der Waals surface area contributed by atoms with Gasteiger partial charge in [-0.15, -0.1) is 0 Å². The van der Waals surface area contributed by atoms with Crippen molar-refractivity contribution in [1.29, 1.82) is 0 Å². The third-order valence-electron chi connectivity index (χ3n) is 3.23. The van der Waals surface area contributed by atoms with Gasteiger partial charge >= 0.3 is 6.18 Å². The predicted octanol–water partition coefficient (Wildman–Crippen LogP) is 1.51. The van der Waals surface area contributed by atoms with E-state index in [4.69, 9.17) is 0 Å². The molecule has 0 aromatic rings. The van der Waals surface area contributed by atoms with Crippen LogP contribution in [-0.2, 0) is 10.0 Å². The van der Waals surface area contributed by atoms with E-state index in [9.17, 15) is 26.7 Å². The summed E-state index contributed by atoms with van der Waals surface area (Å²) in [6, 6.07) is 0. The van der Waals surface area contributed by atoms with Crippen LogP contribution >= 0.6 is 0 Å². The normalized spacial score (nSPS) is 22.1. The van der Waals surface area contributed by atoms with Crippen LogP contribution in [0.2, 0.25) is 0 Å². The number of alkyl halides is 3. The minimum absolute atomic E-state index is 0.0477. The molecule has 0 spiro atoms. The van der Waals surface area contributed by atoms with E-state index in [2.05, 4.69) is 0 Å². The maximum atomic E-state index is 12.5. The molecule has 0 amide bonds. The van der Waals surface area contributed by atoms with E-state index in [-0.39, 0.29) is 18.8 Å². The molecule has 8 heteroatoms. The lowest BCUT2D eigenvalue weighted by Crippen LogP contribution is -2.54. The average molecular weight is 289 g/mol. The molecule has 1 aliphatic heterocycles. The molecule has 1 aliphatic rings. The molecule has 0 aromatic heterocycles. The van der Waals surface area contributed by atoms with Crippen LogP contribution in [0.3, 0.4) is 0 Å². The highest BCUT2D eigenvalue weighted by Crippen LogP contribution is 2.38. The third kappa shape index (κ3) is 3.36. The van der Waals surface area contributed by atoms with Gasteiger partial charge in [0.25, 0.3) is 0 Å². The zero-order valence-electron chi connectivity index (χ0n) is 10.2. The summed E-state index contributed by atoms with van der Waals surface area (Å²) in [4.78, 5) is 0. The van der Waals surface area contributed by atoms with Gasteiger partial charge in [-0.1, -0.05) is 13.3 Å². The van der Waals surface area contributed by atoms with Crippen LogP contribution in [0.1, 0.15) is 32.6 Å².